The number of hydrogen-bond donors (Lipinski definition) is 2. The van der Waals surface area contributed by atoms with Gasteiger partial charge in [0.05, 0.1) is 5.69 Å². The van der Waals surface area contributed by atoms with Crippen molar-refractivity contribution in [3.05, 3.63) is 41.2 Å². The number of hydrogen-bond acceptors (Lipinski definition) is 2. The molecular formula is C10H9ClFNO2. The minimum Gasteiger partial charge on any atom is -0.478 e. The van der Waals surface area contributed by atoms with E-state index in [1.165, 1.54) is 18.2 Å². The Morgan fingerprint density at radius 1 is 1.60 bits per heavy atom. The highest BCUT2D eigenvalue weighted by Gasteiger charge is 2.00. The number of halogens is 2. The van der Waals surface area contributed by atoms with E-state index >= 15 is 0 Å². The first-order valence-electron chi connectivity index (χ1n) is 4.18. The zero-order valence-electron chi connectivity index (χ0n) is 7.71. The number of aliphatic carboxylic acids is 1. The van der Waals surface area contributed by atoms with E-state index < -0.39 is 11.8 Å². The maximum atomic E-state index is 13.1. The second-order valence-electron chi connectivity index (χ2n) is 2.75. The van der Waals surface area contributed by atoms with Gasteiger partial charge in [-0.05, 0) is 18.2 Å². The van der Waals surface area contributed by atoms with Crippen LogP contribution < -0.4 is 5.32 Å². The summed E-state index contributed by atoms with van der Waals surface area (Å²) in [5.74, 6) is -1.50. The van der Waals surface area contributed by atoms with Gasteiger partial charge in [-0.15, -0.1) is 0 Å². The van der Waals surface area contributed by atoms with E-state index in [1.54, 1.807) is 6.07 Å². The van der Waals surface area contributed by atoms with Gasteiger partial charge in [0.1, 0.15) is 5.82 Å². The van der Waals surface area contributed by atoms with Crippen LogP contribution >= 0.6 is 11.6 Å². The number of rotatable bonds is 4. The van der Waals surface area contributed by atoms with Crippen molar-refractivity contribution in [3.8, 4) is 0 Å². The van der Waals surface area contributed by atoms with Crippen molar-refractivity contribution in [2.45, 2.75) is 0 Å². The molecule has 15 heavy (non-hydrogen) atoms. The quantitative estimate of drug-likeness (QED) is 0.780. The summed E-state index contributed by atoms with van der Waals surface area (Å²) in [5, 5.41) is 11.3. The molecule has 0 amide bonds. The molecule has 0 saturated heterocycles. The lowest BCUT2D eigenvalue weighted by Crippen LogP contribution is -2.01. The van der Waals surface area contributed by atoms with Gasteiger partial charge in [0, 0.05) is 17.6 Å². The van der Waals surface area contributed by atoms with Gasteiger partial charge in [-0.3, -0.25) is 0 Å². The monoisotopic (exact) mass is 229 g/mol. The molecule has 0 spiro atoms. The van der Waals surface area contributed by atoms with Gasteiger partial charge in [-0.2, -0.15) is 0 Å². The highest BCUT2D eigenvalue weighted by atomic mass is 35.5. The predicted molar refractivity (Wildman–Crippen MR) is 56.7 cm³/mol. The molecule has 0 fully saturated rings. The lowest BCUT2D eigenvalue weighted by Gasteiger charge is -2.04. The van der Waals surface area contributed by atoms with Crippen LogP contribution in [0.3, 0.4) is 0 Å². The third-order valence-electron chi connectivity index (χ3n) is 1.60. The van der Waals surface area contributed by atoms with Gasteiger partial charge in [0.25, 0.3) is 0 Å². The topological polar surface area (TPSA) is 49.3 Å². The molecule has 1 rings (SSSR count). The molecule has 0 aliphatic rings. The Labute approximate surface area is 91.2 Å². The Bertz CT molecular complexity index is 393. The highest BCUT2D eigenvalue weighted by molar-refractivity contribution is 6.30. The minimum atomic E-state index is -1.03. The second kappa shape index (κ2) is 5.36. The molecule has 0 aromatic heterocycles. The first kappa shape index (κ1) is 11.5. The number of carboxylic acid groups (broad SMARTS) is 1. The smallest absolute Gasteiger partial charge is 0.328 e. The SMILES string of the molecule is O=C(O)/C=C/CNc1ccc(Cl)cc1F. The molecular weight excluding hydrogens is 221 g/mol. The summed E-state index contributed by atoms with van der Waals surface area (Å²) in [6.07, 6.45) is 2.37. The number of benzene rings is 1. The zero-order valence-corrected chi connectivity index (χ0v) is 8.46. The Hall–Kier alpha value is -1.55. The van der Waals surface area contributed by atoms with E-state index in [1.807, 2.05) is 0 Å². The molecule has 1 aromatic carbocycles. The lowest BCUT2D eigenvalue weighted by molar-refractivity contribution is -0.131. The number of anilines is 1. The Balaban J connectivity index is 2.54. The van der Waals surface area contributed by atoms with Crippen molar-refractivity contribution in [2.75, 3.05) is 11.9 Å². The Morgan fingerprint density at radius 3 is 2.93 bits per heavy atom. The first-order chi connectivity index (χ1) is 7.09. The van der Waals surface area contributed by atoms with Gasteiger partial charge < -0.3 is 10.4 Å². The van der Waals surface area contributed by atoms with Crippen molar-refractivity contribution < 1.29 is 14.3 Å². The Kier molecular flexibility index (Phi) is 4.12. The van der Waals surface area contributed by atoms with Crippen LogP contribution in [0, 0.1) is 5.82 Å². The summed E-state index contributed by atoms with van der Waals surface area (Å²) < 4.78 is 13.1. The maximum absolute atomic E-state index is 13.1. The third-order valence-corrected chi connectivity index (χ3v) is 1.84. The van der Waals surface area contributed by atoms with Crippen LogP contribution in [-0.4, -0.2) is 17.6 Å². The number of carboxylic acids is 1. The van der Waals surface area contributed by atoms with Crippen molar-refractivity contribution in [1.29, 1.82) is 0 Å². The van der Waals surface area contributed by atoms with E-state index in [-0.39, 0.29) is 12.2 Å². The fraction of sp³-hybridized carbons (Fsp3) is 0.100. The fourth-order valence-corrected chi connectivity index (χ4v) is 1.12. The molecule has 80 valence electrons. The average Bonchev–Trinajstić information content (AvgIpc) is 2.14. The van der Waals surface area contributed by atoms with Gasteiger partial charge in [-0.25, -0.2) is 9.18 Å². The van der Waals surface area contributed by atoms with Gasteiger partial charge in [0.2, 0.25) is 0 Å². The minimum absolute atomic E-state index is 0.241. The molecule has 0 unspecified atom stereocenters. The second-order valence-corrected chi connectivity index (χ2v) is 3.18. The molecule has 0 bridgehead atoms. The van der Waals surface area contributed by atoms with Crippen LogP contribution in [0.1, 0.15) is 0 Å². The van der Waals surface area contributed by atoms with Crippen molar-refractivity contribution >= 4 is 23.3 Å². The standard InChI is InChI=1S/C10H9ClFNO2/c11-7-3-4-9(8(12)6-7)13-5-1-2-10(14)15/h1-4,6,13H,5H2,(H,14,15)/b2-1+. The summed E-state index contributed by atoms with van der Waals surface area (Å²) in [4.78, 5) is 10.1. The summed E-state index contributed by atoms with van der Waals surface area (Å²) in [6.45, 7) is 0.241. The normalized spacial score (nSPS) is 10.5. The molecule has 3 nitrogen and oxygen atoms in total. The largest absolute Gasteiger partial charge is 0.478 e. The average molecular weight is 230 g/mol. The molecule has 0 aliphatic heterocycles. The van der Waals surface area contributed by atoms with E-state index in [0.29, 0.717) is 5.02 Å². The first-order valence-corrected chi connectivity index (χ1v) is 4.56. The Morgan fingerprint density at radius 2 is 2.33 bits per heavy atom. The van der Waals surface area contributed by atoms with Crippen molar-refractivity contribution in [2.24, 2.45) is 0 Å². The van der Waals surface area contributed by atoms with Crippen LogP contribution in [0.25, 0.3) is 0 Å². The predicted octanol–water partition coefficient (Wildman–Crippen LogP) is 2.53. The van der Waals surface area contributed by atoms with Gasteiger partial charge >= 0.3 is 5.97 Å². The molecule has 2 N–H and O–H groups in total. The molecule has 5 heteroatoms. The van der Waals surface area contributed by atoms with Gasteiger partial charge in [-0.1, -0.05) is 17.7 Å². The van der Waals surface area contributed by atoms with Gasteiger partial charge in [0.15, 0.2) is 0 Å². The number of carbonyl (C=O) groups is 1. The molecule has 0 aliphatic carbocycles. The zero-order chi connectivity index (χ0) is 11.3. The van der Waals surface area contributed by atoms with Crippen molar-refractivity contribution in [3.63, 3.8) is 0 Å². The van der Waals surface area contributed by atoms with E-state index in [9.17, 15) is 9.18 Å². The van der Waals surface area contributed by atoms with E-state index in [2.05, 4.69) is 5.32 Å². The number of nitrogens with one attached hydrogen (secondary N) is 1. The molecule has 0 radical (unpaired) electrons. The van der Waals surface area contributed by atoms with Crippen LogP contribution in [0.2, 0.25) is 5.02 Å². The summed E-state index contributed by atoms with van der Waals surface area (Å²) in [7, 11) is 0. The third kappa shape index (κ3) is 3.99. The van der Waals surface area contributed by atoms with Crippen LogP contribution in [0.5, 0.6) is 0 Å². The lowest BCUT2D eigenvalue weighted by atomic mass is 10.3. The van der Waals surface area contributed by atoms with Crippen LogP contribution in [-0.2, 0) is 4.79 Å². The molecule has 0 atom stereocenters. The van der Waals surface area contributed by atoms with Crippen molar-refractivity contribution in [1.82, 2.24) is 0 Å². The maximum Gasteiger partial charge on any atom is 0.328 e. The molecule has 1 aromatic rings. The molecule has 0 heterocycles. The summed E-state index contributed by atoms with van der Waals surface area (Å²) in [5.41, 5.74) is 0.287. The summed E-state index contributed by atoms with van der Waals surface area (Å²) >= 11 is 5.56. The van der Waals surface area contributed by atoms with E-state index in [4.69, 9.17) is 16.7 Å². The van der Waals surface area contributed by atoms with Crippen LogP contribution in [0.15, 0.2) is 30.4 Å². The highest BCUT2D eigenvalue weighted by Crippen LogP contribution is 2.18. The van der Waals surface area contributed by atoms with E-state index in [0.717, 1.165) is 6.08 Å². The van der Waals surface area contributed by atoms with Crippen LogP contribution in [0.4, 0.5) is 10.1 Å². The fourth-order valence-electron chi connectivity index (χ4n) is 0.961. The molecule has 0 saturated carbocycles. The summed E-state index contributed by atoms with van der Waals surface area (Å²) in [6, 6.07) is 4.23.